The fraction of sp³-hybridized carbons (Fsp3) is 1.00. The van der Waals surface area contributed by atoms with E-state index in [0.717, 1.165) is 13.1 Å². The molecule has 0 amide bonds. The van der Waals surface area contributed by atoms with Crippen LogP contribution in [0.1, 0.15) is 62.3 Å². The summed E-state index contributed by atoms with van der Waals surface area (Å²) >= 11 is 0. The summed E-state index contributed by atoms with van der Waals surface area (Å²) in [6.07, 6.45) is 0. The second-order valence-electron chi connectivity index (χ2n) is 9.20. The minimum absolute atomic E-state index is 0.376. The molecule has 2 nitrogen and oxygen atoms in total. The van der Waals surface area contributed by atoms with Crippen LogP contribution >= 0.6 is 0 Å². The Morgan fingerprint density at radius 2 is 1.00 bits per heavy atom. The zero-order chi connectivity index (χ0) is 15.1. The third kappa shape index (κ3) is 2.79. The van der Waals surface area contributed by atoms with Gasteiger partial charge in [-0.2, -0.15) is 0 Å². The van der Waals surface area contributed by atoms with Crippen molar-refractivity contribution in [3.05, 3.63) is 0 Å². The minimum Gasteiger partial charge on any atom is -0.320 e. The van der Waals surface area contributed by atoms with Crippen molar-refractivity contribution >= 4 is 8.24 Å². The van der Waals surface area contributed by atoms with Crippen molar-refractivity contribution in [1.29, 1.82) is 0 Å². The van der Waals surface area contributed by atoms with Gasteiger partial charge in [-0.15, -0.1) is 0 Å². The molecule has 0 bridgehead atoms. The lowest BCUT2D eigenvalue weighted by Gasteiger charge is -2.64. The van der Waals surface area contributed by atoms with Crippen LogP contribution in [-0.4, -0.2) is 39.0 Å². The van der Waals surface area contributed by atoms with Gasteiger partial charge in [0.1, 0.15) is 8.24 Å². The molecule has 3 heteroatoms. The highest BCUT2D eigenvalue weighted by molar-refractivity contribution is 6.85. The van der Waals surface area contributed by atoms with E-state index in [1.807, 2.05) is 0 Å². The summed E-state index contributed by atoms with van der Waals surface area (Å²) in [6.45, 7) is 27.1. The molecule has 0 aromatic rings. The highest BCUT2D eigenvalue weighted by Crippen LogP contribution is 2.63. The first-order valence-corrected chi connectivity index (χ1v) is 9.76. The van der Waals surface area contributed by atoms with Gasteiger partial charge in [0.2, 0.25) is 0 Å². The third-order valence-electron chi connectivity index (χ3n) is 4.85. The number of nitrogens with zero attached hydrogens (tertiary/aromatic N) is 1. The lowest BCUT2D eigenvalue weighted by Crippen LogP contribution is -2.72. The van der Waals surface area contributed by atoms with Crippen molar-refractivity contribution in [3.8, 4) is 0 Å². The lowest BCUT2D eigenvalue weighted by molar-refractivity contribution is 0.298. The molecule has 1 aliphatic heterocycles. The molecule has 1 heterocycles. The molecule has 0 unspecified atom stereocenters. The summed E-state index contributed by atoms with van der Waals surface area (Å²) in [7, 11) is -1.71. The smallest absolute Gasteiger partial charge is 0.144 e. The molecule has 0 saturated carbocycles. The van der Waals surface area contributed by atoms with Crippen molar-refractivity contribution in [2.45, 2.75) is 77.4 Å². The monoisotopic (exact) mass is 284 g/mol. The molecule has 0 aliphatic carbocycles. The van der Waals surface area contributed by atoms with Crippen LogP contribution < -0.4 is 5.32 Å². The number of hydrogen-bond acceptors (Lipinski definition) is 2. The normalized spacial score (nSPS) is 20.7. The Labute approximate surface area is 122 Å². The van der Waals surface area contributed by atoms with Crippen LogP contribution in [0.2, 0.25) is 15.1 Å². The van der Waals surface area contributed by atoms with Gasteiger partial charge < -0.3 is 9.88 Å². The van der Waals surface area contributed by atoms with Gasteiger partial charge in [-0.3, -0.25) is 0 Å². The fourth-order valence-corrected chi connectivity index (χ4v) is 16.3. The fourth-order valence-electron chi connectivity index (χ4n) is 5.80. The lowest BCUT2D eigenvalue weighted by atomic mass is 10.2. The highest BCUT2D eigenvalue weighted by Gasteiger charge is 2.63. The summed E-state index contributed by atoms with van der Waals surface area (Å²) in [5.41, 5.74) is 0. The first-order chi connectivity index (χ1) is 8.36. The number of piperazine rings is 1. The average molecular weight is 285 g/mol. The van der Waals surface area contributed by atoms with E-state index in [1.165, 1.54) is 13.1 Å². The maximum absolute atomic E-state index is 3.52. The molecule has 0 aromatic carbocycles. The first-order valence-electron chi connectivity index (χ1n) is 7.81. The van der Waals surface area contributed by atoms with E-state index in [-0.39, 0.29) is 0 Å². The molecule has 1 aliphatic rings. The van der Waals surface area contributed by atoms with E-state index in [0.29, 0.717) is 15.1 Å². The Kier molecular flexibility index (Phi) is 4.67. The SMILES string of the molecule is CC(C)(C)[Si](N1CCNCC1)(C(C)(C)C)C(C)(C)C. The molecule has 1 rings (SSSR count). The van der Waals surface area contributed by atoms with Gasteiger partial charge in [-0.1, -0.05) is 62.3 Å². The van der Waals surface area contributed by atoms with Crippen molar-refractivity contribution in [3.63, 3.8) is 0 Å². The Hall–Kier alpha value is 0.137. The molecule has 1 saturated heterocycles. The molecule has 19 heavy (non-hydrogen) atoms. The molecular formula is C16H36N2Si. The van der Waals surface area contributed by atoms with Gasteiger partial charge in [0.15, 0.2) is 0 Å². The molecule has 0 radical (unpaired) electrons. The van der Waals surface area contributed by atoms with Crippen molar-refractivity contribution in [2.24, 2.45) is 0 Å². The van der Waals surface area contributed by atoms with Gasteiger partial charge in [0.05, 0.1) is 0 Å². The van der Waals surface area contributed by atoms with E-state index in [2.05, 4.69) is 72.2 Å². The number of hydrogen-bond donors (Lipinski definition) is 1. The van der Waals surface area contributed by atoms with E-state index in [9.17, 15) is 0 Å². The largest absolute Gasteiger partial charge is 0.320 e. The molecule has 0 spiro atoms. The predicted octanol–water partition coefficient (Wildman–Crippen LogP) is 4.24. The average Bonchev–Trinajstić information content (AvgIpc) is 2.12. The van der Waals surface area contributed by atoms with Gasteiger partial charge in [-0.25, -0.2) is 0 Å². The second-order valence-corrected chi connectivity index (χ2v) is 15.8. The number of rotatable bonds is 1. The highest BCUT2D eigenvalue weighted by atomic mass is 28.3. The third-order valence-corrected chi connectivity index (χ3v) is 12.8. The van der Waals surface area contributed by atoms with E-state index in [4.69, 9.17) is 0 Å². The maximum atomic E-state index is 3.52. The standard InChI is InChI=1S/C16H36N2Si/c1-14(2,3)19(15(4,5)6,16(7,8)9)18-12-10-17-11-13-18/h17H,10-13H2,1-9H3. The van der Waals surface area contributed by atoms with Crippen LogP contribution in [0.25, 0.3) is 0 Å². The van der Waals surface area contributed by atoms with E-state index >= 15 is 0 Å². The molecule has 1 fully saturated rings. The summed E-state index contributed by atoms with van der Waals surface area (Å²) in [5.74, 6) is 0. The molecule has 0 atom stereocenters. The molecule has 1 N–H and O–H groups in total. The molecular weight excluding hydrogens is 248 g/mol. The summed E-state index contributed by atoms with van der Waals surface area (Å²) in [6, 6.07) is 0. The van der Waals surface area contributed by atoms with E-state index in [1.54, 1.807) is 0 Å². The Balaban J connectivity index is 3.44. The summed E-state index contributed by atoms with van der Waals surface area (Å²) in [5, 5.41) is 4.65. The first kappa shape index (κ1) is 17.2. The van der Waals surface area contributed by atoms with Crippen LogP contribution in [0.5, 0.6) is 0 Å². The topological polar surface area (TPSA) is 15.3 Å². The Morgan fingerprint density at radius 3 is 1.26 bits per heavy atom. The Bertz CT molecular complexity index is 262. The van der Waals surface area contributed by atoms with Crippen molar-refractivity contribution in [2.75, 3.05) is 26.2 Å². The van der Waals surface area contributed by atoms with Crippen molar-refractivity contribution in [1.82, 2.24) is 9.88 Å². The van der Waals surface area contributed by atoms with Crippen LogP contribution in [-0.2, 0) is 0 Å². The van der Waals surface area contributed by atoms with Crippen LogP contribution in [0.4, 0.5) is 0 Å². The zero-order valence-electron chi connectivity index (χ0n) is 14.8. The van der Waals surface area contributed by atoms with Crippen molar-refractivity contribution < 1.29 is 0 Å². The second kappa shape index (κ2) is 5.16. The summed E-state index contributed by atoms with van der Waals surface area (Å²) in [4.78, 5) is 0. The van der Waals surface area contributed by atoms with E-state index < -0.39 is 8.24 Å². The zero-order valence-corrected chi connectivity index (χ0v) is 15.8. The van der Waals surface area contributed by atoms with Crippen LogP contribution in [0.3, 0.4) is 0 Å². The Morgan fingerprint density at radius 1 is 0.684 bits per heavy atom. The van der Waals surface area contributed by atoms with Crippen LogP contribution in [0, 0.1) is 0 Å². The maximum Gasteiger partial charge on any atom is 0.144 e. The molecule has 0 aromatic heterocycles. The van der Waals surface area contributed by atoms with Gasteiger partial charge in [-0.05, 0) is 15.1 Å². The summed E-state index contributed by atoms with van der Waals surface area (Å²) < 4.78 is 2.91. The molecule has 114 valence electrons. The van der Waals surface area contributed by atoms with Crippen LogP contribution in [0.15, 0.2) is 0 Å². The predicted molar refractivity (Wildman–Crippen MR) is 89.3 cm³/mol. The number of nitrogens with one attached hydrogen (secondary N) is 1. The van der Waals surface area contributed by atoms with Gasteiger partial charge >= 0.3 is 0 Å². The minimum atomic E-state index is -1.71. The van der Waals surface area contributed by atoms with Gasteiger partial charge in [0.25, 0.3) is 0 Å². The quantitative estimate of drug-likeness (QED) is 0.725. The van der Waals surface area contributed by atoms with Gasteiger partial charge in [0, 0.05) is 26.2 Å².